The highest BCUT2D eigenvalue weighted by Gasteiger charge is 2.30. The lowest BCUT2D eigenvalue weighted by molar-refractivity contribution is -0.139. The zero-order chi connectivity index (χ0) is 21.9. The maximum atomic E-state index is 12.7. The maximum absolute atomic E-state index is 12.7. The Labute approximate surface area is 174 Å². The third-order valence-electron chi connectivity index (χ3n) is 5.24. The van der Waals surface area contributed by atoms with E-state index < -0.39 is 23.6 Å². The molecule has 3 aromatic rings. The molecule has 156 valence electrons. The van der Waals surface area contributed by atoms with Crippen LogP contribution in [0.1, 0.15) is 47.9 Å². The van der Waals surface area contributed by atoms with Crippen LogP contribution < -0.4 is 0 Å². The molecule has 0 fully saturated rings. The maximum Gasteiger partial charge on any atom is 0.416 e. The molecule has 5 heteroatoms. The summed E-state index contributed by atoms with van der Waals surface area (Å²) in [5.74, 6) is -1.20. The molecule has 1 atom stereocenters. The number of alkyl halides is 3. The SMILES string of the molecule is CC(C)c1ccc(CC(C(=O)O)c2ccc(-c3ccc(C(F)(F)F)cc3)cc2)cc1. The van der Waals surface area contributed by atoms with Gasteiger partial charge in [0.15, 0.2) is 0 Å². The Morgan fingerprint density at radius 2 is 1.27 bits per heavy atom. The summed E-state index contributed by atoms with van der Waals surface area (Å²) >= 11 is 0. The Kier molecular flexibility index (Phi) is 6.30. The summed E-state index contributed by atoms with van der Waals surface area (Å²) in [7, 11) is 0. The van der Waals surface area contributed by atoms with Crippen molar-refractivity contribution in [1.82, 2.24) is 0 Å². The van der Waals surface area contributed by atoms with Gasteiger partial charge < -0.3 is 5.11 Å². The molecular formula is C25H23F3O2. The van der Waals surface area contributed by atoms with Gasteiger partial charge >= 0.3 is 12.1 Å². The van der Waals surface area contributed by atoms with E-state index in [-0.39, 0.29) is 0 Å². The molecule has 0 aliphatic carbocycles. The second-order valence-electron chi connectivity index (χ2n) is 7.69. The topological polar surface area (TPSA) is 37.3 Å². The molecule has 0 saturated carbocycles. The number of carbonyl (C=O) groups is 1. The summed E-state index contributed by atoms with van der Waals surface area (Å²) in [5, 5.41) is 9.72. The van der Waals surface area contributed by atoms with E-state index in [1.165, 1.54) is 17.7 Å². The van der Waals surface area contributed by atoms with Crippen LogP contribution in [0.2, 0.25) is 0 Å². The Balaban J connectivity index is 1.79. The average Bonchev–Trinajstić information content (AvgIpc) is 2.72. The molecule has 2 nitrogen and oxygen atoms in total. The number of rotatable bonds is 6. The van der Waals surface area contributed by atoms with Gasteiger partial charge in [0.2, 0.25) is 0 Å². The standard InChI is InChI=1S/C25H23F3O2/c1-16(2)18-5-3-17(4-6-18)15-23(24(29)30)21-9-7-19(8-10-21)20-11-13-22(14-12-20)25(26,27)28/h3-14,16,23H,15H2,1-2H3,(H,29,30). The lowest BCUT2D eigenvalue weighted by Crippen LogP contribution is -2.14. The van der Waals surface area contributed by atoms with E-state index in [0.717, 1.165) is 23.3 Å². The first-order chi connectivity index (χ1) is 14.1. The van der Waals surface area contributed by atoms with Crippen molar-refractivity contribution in [3.05, 3.63) is 95.1 Å². The quantitative estimate of drug-likeness (QED) is 0.478. The van der Waals surface area contributed by atoms with Crippen molar-refractivity contribution < 1.29 is 23.1 Å². The summed E-state index contributed by atoms with van der Waals surface area (Å²) in [4.78, 5) is 11.9. The molecular weight excluding hydrogens is 389 g/mol. The van der Waals surface area contributed by atoms with Crippen molar-refractivity contribution in [2.45, 2.75) is 38.3 Å². The first kappa shape index (κ1) is 21.6. The molecule has 0 bridgehead atoms. The van der Waals surface area contributed by atoms with E-state index in [2.05, 4.69) is 13.8 Å². The van der Waals surface area contributed by atoms with Crippen LogP contribution in [0.4, 0.5) is 13.2 Å². The highest BCUT2D eigenvalue weighted by atomic mass is 19.4. The van der Waals surface area contributed by atoms with Crippen LogP contribution in [0, 0.1) is 0 Å². The molecule has 0 heterocycles. The number of aliphatic carboxylic acids is 1. The molecule has 1 unspecified atom stereocenters. The number of carboxylic acid groups (broad SMARTS) is 1. The van der Waals surface area contributed by atoms with Crippen LogP contribution >= 0.6 is 0 Å². The molecule has 3 aromatic carbocycles. The summed E-state index contributed by atoms with van der Waals surface area (Å²) in [6.07, 6.45) is -4.00. The van der Waals surface area contributed by atoms with Crippen molar-refractivity contribution in [2.24, 2.45) is 0 Å². The van der Waals surface area contributed by atoms with Crippen LogP contribution in [0.15, 0.2) is 72.8 Å². The average molecular weight is 412 g/mol. The first-order valence-corrected chi connectivity index (χ1v) is 9.74. The zero-order valence-electron chi connectivity index (χ0n) is 16.8. The van der Waals surface area contributed by atoms with Gasteiger partial charge in [-0.2, -0.15) is 13.2 Å². The van der Waals surface area contributed by atoms with Crippen molar-refractivity contribution in [3.63, 3.8) is 0 Å². The minimum atomic E-state index is -4.37. The smallest absolute Gasteiger partial charge is 0.416 e. The monoisotopic (exact) mass is 412 g/mol. The van der Waals surface area contributed by atoms with Gasteiger partial charge in [-0.15, -0.1) is 0 Å². The Bertz CT molecular complexity index is 987. The lowest BCUT2D eigenvalue weighted by atomic mass is 9.90. The van der Waals surface area contributed by atoms with E-state index in [1.54, 1.807) is 24.3 Å². The molecule has 0 amide bonds. The fraction of sp³-hybridized carbons (Fsp3) is 0.240. The second-order valence-corrected chi connectivity index (χ2v) is 7.69. The third-order valence-corrected chi connectivity index (χ3v) is 5.24. The van der Waals surface area contributed by atoms with Gasteiger partial charge in [-0.1, -0.05) is 74.5 Å². The molecule has 0 spiro atoms. The Morgan fingerprint density at radius 3 is 1.70 bits per heavy atom. The van der Waals surface area contributed by atoms with Crippen molar-refractivity contribution in [2.75, 3.05) is 0 Å². The lowest BCUT2D eigenvalue weighted by Gasteiger charge is -2.15. The van der Waals surface area contributed by atoms with Crippen LogP contribution in [-0.2, 0) is 17.4 Å². The van der Waals surface area contributed by atoms with E-state index >= 15 is 0 Å². The molecule has 1 N–H and O–H groups in total. The first-order valence-electron chi connectivity index (χ1n) is 9.74. The van der Waals surface area contributed by atoms with Crippen LogP contribution in [0.5, 0.6) is 0 Å². The predicted octanol–water partition coefficient (Wildman–Crippen LogP) is 6.91. The third kappa shape index (κ3) is 5.09. The van der Waals surface area contributed by atoms with Gasteiger partial charge in [0.1, 0.15) is 0 Å². The van der Waals surface area contributed by atoms with Crippen LogP contribution in [-0.4, -0.2) is 11.1 Å². The minimum Gasteiger partial charge on any atom is -0.481 e. The molecule has 0 aliphatic heterocycles. The fourth-order valence-corrected chi connectivity index (χ4v) is 3.38. The number of hydrogen-bond acceptors (Lipinski definition) is 1. The highest BCUT2D eigenvalue weighted by Crippen LogP contribution is 2.31. The Morgan fingerprint density at radius 1 is 0.800 bits per heavy atom. The normalized spacial score (nSPS) is 12.7. The van der Waals surface area contributed by atoms with Gasteiger partial charge in [0.25, 0.3) is 0 Å². The number of hydrogen-bond donors (Lipinski definition) is 1. The van der Waals surface area contributed by atoms with Gasteiger partial charge in [-0.25, -0.2) is 0 Å². The van der Waals surface area contributed by atoms with Crippen molar-refractivity contribution in [3.8, 4) is 11.1 Å². The van der Waals surface area contributed by atoms with Gasteiger partial charge in [-0.05, 0) is 52.3 Å². The summed E-state index contributed by atoms with van der Waals surface area (Å²) < 4.78 is 38.2. The van der Waals surface area contributed by atoms with Crippen LogP contribution in [0.25, 0.3) is 11.1 Å². The zero-order valence-corrected chi connectivity index (χ0v) is 16.8. The van der Waals surface area contributed by atoms with E-state index in [1.807, 2.05) is 24.3 Å². The molecule has 0 aliphatic rings. The van der Waals surface area contributed by atoms with E-state index in [4.69, 9.17) is 0 Å². The second kappa shape index (κ2) is 8.74. The summed E-state index contributed by atoms with van der Waals surface area (Å²) in [6, 6.07) is 19.8. The number of benzene rings is 3. The number of halogens is 3. The molecule has 0 radical (unpaired) electrons. The fourth-order valence-electron chi connectivity index (χ4n) is 3.38. The van der Waals surface area contributed by atoms with E-state index in [0.29, 0.717) is 23.5 Å². The summed E-state index contributed by atoms with van der Waals surface area (Å²) in [5.41, 5.74) is 3.48. The van der Waals surface area contributed by atoms with Gasteiger partial charge in [-0.3, -0.25) is 4.79 Å². The number of carboxylic acids is 1. The van der Waals surface area contributed by atoms with E-state index in [9.17, 15) is 23.1 Å². The molecule has 0 aromatic heterocycles. The van der Waals surface area contributed by atoms with Gasteiger partial charge in [0, 0.05) is 0 Å². The predicted molar refractivity (Wildman–Crippen MR) is 111 cm³/mol. The van der Waals surface area contributed by atoms with Gasteiger partial charge in [0.05, 0.1) is 11.5 Å². The Hall–Kier alpha value is -3.08. The highest BCUT2D eigenvalue weighted by molar-refractivity contribution is 5.77. The summed E-state index contributed by atoms with van der Waals surface area (Å²) in [6.45, 7) is 4.21. The molecule has 3 rings (SSSR count). The van der Waals surface area contributed by atoms with Crippen LogP contribution in [0.3, 0.4) is 0 Å². The van der Waals surface area contributed by atoms with Crippen molar-refractivity contribution in [1.29, 1.82) is 0 Å². The van der Waals surface area contributed by atoms with Crippen molar-refractivity contribution >= 4 is 5.97 Å². The largest absolute Gasteiger partial charge is 0.481 e. The molecule has 0 saturated heterocycles. The minimum absolute atomic E-state index is 0.368. The molecule has 30 heavy (non-hydrogen) atoms.